The average molecular weight is 271 g/mol. The van der Waals surface area contributed by atoms with Gasteiger partial charge in [-0.3, -0.25) is 0 Å². The van der Waals surface area contributed by atoms with E-state index in [1.165, 1.54) is 0 Å². The summed E-state index contributed by atoms with van der Waals surface area (Å²) in [6.07, 6.45) is 4.02. The van der Waals surface area contributed by atoms with E-state index in [0.29, 0.717) is 11.2 Å². The molecule has 1 aromatic heterocycles. The SMILES string of the molecule is Cl.Cl.Clc1nccc(C2CCNCC2)n1. The highest BCUT2D eigenvalue weighted by atomic mass is 35.5. The van der Waals surface area contributed by atoms with Gasteiger partial charge in [-0.15, -0.1) is 24.8 Å². The van der Waals surface area contributed by atoms with Crippen molar-refractivity contribution in [3.8, 4) is 0 Å². The van der Waals surface area contributed by atoms with E-state index in [4.69, 9.17) is 11.6 Å². The lowest BCUT2D eigenvalue weighted by Crippen LogP contribution is -2.27. The zero-order valence-electron chi connectivity index (χ0n) is 8.15. The number of piperidine rings is 1. The van der Waals surface area contributed by atoms with Gasteiger partial charge >= 0.3 is 0 Å². The molecule has 2 heterocycles. The average Bonchev–Trinajstić information content (AvgIpc) is 2.19. The van der Waals surface area contributed by atoms with Gasteiger partial charge in [0, 0.05) is 17.8 Å². The number of halogens is 3. The van der Waals surface area contributed by atoms with Gasteiger partial charge in [0.25, 0.3) is 0 Å². The minimum Gasteiger partial charge on any atom is -0.317 e. The molecule has 1 aromatic rings. The Morgan fingerprint density at radius 1 is 1.27 bits per heavy atom. The third-order valence-corrected chi connectivity index (χ3v) is 2.59. The molecule has 1 N–H and O–H groups in total. The summed E-state index contributed by atoms with van der Waals surface area (Å²) in [6, 6.07) is 1.96. The molecule has 0 unspecified atom stereocenters. The lowest BCUT2D eigenvalue weighted by molar-refractivity contribution is 0.453. The van der Waals surface area contributed by atoms with E-state index in [2.05, 4.69) is 15.3 Å². The van der Waals surface area contributed by atoms with Gasteiger partial charge in [-0.1, -0.05) is 0 Å². The molecule has 2 rings (SSSR count). The van der Waals surface area contributed by atoms with E-state index in [0.717, 1.165) is 31.6 Å². The molecule has 1 saturated heterocycles. The van der Waals surface area contributed by atoms with Crippen molar-refractivity contribution < 1.29 is 0 Å². The van der Waals surface area contributed by atoms with Crippen LogP contribution >= 0.6 is 36.4 Å². The van der Waals surface area contributed by atoms with Gasteiger partial charge in [-0.2, -0.15) is 0 Å². The summed E-state index contributed by atoms with van der Waals surface area (Å²) in [4.78, 5) is 8.10. The Hall–Kier alpha value is -0.0900. The number of rotatable bonds is 1. The number of hydrogen-bond donors (Lipinski definition) is 1. The van der Waals surface area contributed by atoms with E-state index in [1.54, 1.807) is 6.20 Å². The highest BCUT2D eigenvalue weighted by Gasteiger charge is 2.16. The second-order valence-corrected chi connectivity index (χ2v) is 3.61. The van der Waals surface area contributed by atoms with E-state index in [9.17, 15) is 0 Å². The first-order chi connectivity index (χ1) is 6.36. The molecule has 1 aliphatic rings. The van der Waals surface area contributed by atoms with Crippen LogP contribution in [0.4, 0.5) is 0 Å². The fraction of sp³-hybridized carbons (Fsp3) is 0.556. The van der Waals surface area contributed by atoms with Gasteiger partial charge in [0.05, 0.1) is 0 Å². The molecule has 0 spiro atoms. The lowest BCUT2D eigenvalue weighted by atomic mass is 9.95. The zero-order valence-corrected chi connectivity index (χ0v) is 10.5. The van der Waals surface area contributed by atoms with E-state index in [1.807, 2.05) is 6.07 Å². The van der Waals surface area contributed by atoms with Crippen molar-refractivity contribution in [3.05, 3.63) is 23.2 Å². The van der Waals surface area contributed by atoms with Crippen LogP contribution in [0.5, 0.6) is 0 Å². The largest absolute Gasteiger partial charge is 0.317 e. The van der Waals surface area contributed by atoms with Crippen LogP contribution in [0, 0.1) is 0 Å². The van der Waals surface area contributed by atoms with Gasteiger partial charge in [0.2, 0.25) is 5.28 Å². The zero-order chi connectivity index (χ0) is 9.10. The Balaban J connectivity index is 0.000000980. The molecule has 0 atom stereocenters. The van der Waals surface area contributed by atoms with Crippen LogP contribution in [0.1, 0.15) is 24.5 Å². The second-order valence-electron chi connectivity index (χ2n) is 3.27. The molecule has 0 radical (unpaired) electrons. The first-order valence-corrected chi connectivity index (χ1v) is 4.93. The van der Waals surface area contributed by atoms with Crippen LogP contribution in [0.15, 0.2) is 12.3 Å². The topological polar surface area (TPSA) is 37.8 Å². The molecule has 6 heteroatoms. The van der Waals surface area contributed by atoms with Crippen LogP contribution in [0.25, 0.3) is 0 Å². The van der Waals surface area contributed by atoms with Crippen molar-refractivity contribution in [2.75, 3.05) is 13.1 Å². The third kappa shape index (κ3) is 4.11. The minimum absolute atomic E-state index is 0. The molecule has 1 aliphatic heterocycles. The molecular formula is C9H14Cl3N3. The standard InChI is InChI=1S/C9H12ClN3.2ClH/c10-9-12-6-3-8(13-9)7-1-4-11-5-2-7;;/h3,6-7,11H,1-2,4-5H2;2*1H. The molecule has 86 valence electrons. The first kappa shape index (κ1) is 14.9. The van der Waals surface area contributed by atoms with Crippen LogP contribution in [0.2, 0.25) is 5.28 Å². The van der Waals surface area contributed by atoms with Gasteiger partial charge in [-0.25, -0.2) is 9.97 Å². The van der Waals surface area contributed by atoms with Gasteiger partial charge in [0.1, 0.15) is 0 Å². The fourth-order valence-electron chi connectivity index (χ4n) is 1.69. The Kier molecular flexibility index (Phi) is 7.18. The summed E-state index contributed by atoms with van der Waals surface area (Å²) in [5, 5.41) is 3.68. The number of hydrogen-bond acceptors (Lipinski definition) is 3. The Morgan fingerprint density at radius 2 is 1.93 bits per heavy atom. The van der Waals surface area contributed by atoms with Gasteiger partial charge < -0.3 is 5.32 Å². The molecule has 0 aromatic carbocycles. The van der Waals surface area contributed by atoms with E-state index >= 15 is 0 Å². The van der Waals surface area contributed by atoms with Crippen LogP contribution in [0.3, 0.4) is 0 Å². The molecule has 0 amide bonds. The number of aromatic nitrogens is 2. The van der Waals surface area contributed by atoms with Crippen molar-refractivity contribution in [2.45, 2.75) is 18.8 Å². The summed E-state index contributed by atoms with van der Waals surface area (Å²) >= 11 is 5.73. The van der Waals surface area contributed by atoms with Crippen molar-refractivity contribution >= 4 is 36.4 Å². The quantitative estimate of drug-likeness (QED) is 0.797. The van der Waals surface area contributed by atoms with Crippen LogP contribution < -0.4 is 5.32 Å². The number of nitrogens with zero attached hydrogens (tertiary/aromatic N) is 2. The van der Waals surface area contributed by atoms with E-state index < -0.39 is 0 Å². The molecule has 0 bridgehead atoms. The summed E-state index contributed by atoms with van der Waals surface area (Å²) in [5.74, 6) is 0.557. The summed E-state index contributed by atoms with van der Waals surface area (Å²) < 4.78 is 0. The van der Waals surface area contributed by atoms with E-state index in [-0.39, 0.29) is 24.8 Å². The predicted octanol–water partition coefficient (Wildman–Crippen LogP) is 2.44. The highest BCUT2D eigenvalue weighted by Crippen LogP contribution is 2.23. The smallest absolute Gasteiger partial charge is 0.222 e. The first-order valence-electron chi connectivity index (χ1n) is 4.55. The molecule has 3 nitrogen and oxygen atoms in total. The Labute approximate surface area is 107 Å². The van der Waals surface area contributed by atoms with Crippen molar-refractivity contribution in [2.24, 2.45) is 0 Å². The van der Waals surface area contributed by atoms with Crippen molar-refractivity contribution in [1.29, 1.82) is 0 Å². The van der Waals surface area contributed by atoms with Crippen LogP contribution in [-0.2, 0) is 0 Å². The molecule has 1 fully saturated rings. The maximum atomic E-state index is 5.73. The highest BCUT2D eigenvalue weighted by molar-refractivity contribution is 6.28. The lowest BCUT2D eigenvalue weighted by Gasteiger charge is -2.21. The monoisotopic (exact) mass is 269 g/mol. The molecule has 0 saturated carbocycles. The van der Waals surface area contributed by atoms with Gasteiger partial charge in [0.15, 0.2) is 0 Å². The Bertz CT molecular complexity index is 290. The third-order valence-electron chi connectivity index (χ3n) is 2.41. The predicted molar refractivity (Wildman–Crippen MR) is 66.4 cm³/mol. The second kappa shape index (κ2) is 7.23. The molecule has 0 aliphatic carbocycles. The number of nitrogens with one attached hydrogen (secondary N) is 1. The normalized spacial score (nSPS) is 16.3. The molecular weight excluding hydrogens is 256 g/mol. The molecule has 15 heavy (non-hydrogen) atoms. The maximum absolute atomic E-state index is 5.73. The fourth-order valence-corrected chi connectivity index (χ4v) is 1.85. The summed E-state index contributed by atoms with van der Waals surface area (Å²) in [5.41, 5.74) is 1.08. The summed E-state index contributed by atoms with van der Waals surface area (Å²) in [6.45, 7) is 2.15. The van der Waals surface area contributed by atoms with Crippen LogP contribution in [-0.4, -0.2) is 23.1 Å². The van der Waals surface area contributed by atoms with Crippen molar-refractivity contribution in [3.63, 3.8) is 0 Å². The van der Waals surface area contributed by atoms with Gasteiger partial charge in [-0.05, 0) is 43.6 Å². The Morgan fingerprint density at radius 3 is 2.53 bits per heavy atom. The minimum atomic E-state index is 0. The van der Waals surface area contributed by atoms with Crippen molar-refractivity contribution in [1.82, 2.24) is 15.3 Å². The maximum Gasteiger partial charge on any atom is 0.222 e. The summed E-state index contributed by atoms with van der Waals surface area (Å²) in [7, 11) is 0.